The van der Waals surface area contributed by atoms with Gasteiger partial charge in [0.25, 0.3) is 5.91 Å². The van der Waals surface area contributed by atoms with Crippen LogP contribution >= 0.6 is 0 Å². The van der Waals surface area contributed by atoms with Crippen LogP contribution in [-0.2, 0) is 6.54 Å². The van der Waals surface area contributed by atoms with Crippen LogP contribution in [0.1, 0.15) is 56.7 Å². The van der Waals surface area contributed by atoms with Crippen molar-refractivity contribution in [2.75, 3.05) is 25.6 Å². The van der Waals surface area contributed by atoms with E-state index in [1.165, 1.54) is 18.7 Å². The molecule has 3 aromatic carbocycles. The van der Waals surface area contributed by atoms with Crippen molar-refractivity contribution in [3.63, 3.8) is 0 Å². The Morgan fingerprint density at radius 3 is 1.97 bits per heavy atom. The van der Waals surface area contributed by atoms with Crippen LogP contribution in [0.15, 0.2) is 60.7 Å². The molecule has 0 atom stereocenters. The number of aryl methyl sites for hydroxylation is 2. The maximum absolute atomic E-state index is 11.9. The summed E-state index contributed by atoms with van der Waals surface area (Å²) in [6.45, 7) is 5.52. The Balaban J connectivity index is 1.42. The summed E-state index contributed by atoms with van der Waals surface area (Å²) in [6.07, 6.45) is 2.94. The molecule has 0 spiro atoms. The molecule has 36 heavy (non-hydrogen) atoms. The van der Waals surface area contributed by atoms with Crippen LogP contribution in [0.2, 0.25) is 0 Å². The number of carboxylic acids is 1. The number of carbonyl (C=O) groups is 2. The molecule has 0 fully saturated rings. The van der Waals surface area contributed by atoms with Crippen LogP contribution in [0.4, 0.5) is 5.69 Å². The Morgan fingerprint density at radius 1 is 0.833 bits per heavy atom. The van der Waals surface area contributed by atoms with Crippen LogP contribution < -0.4 is 20.1 Å². The fraction of sp³-hybridized carbons (Fsp3) is 0.310. The lowest BCUT2D eigenvalue weighted by atomic mass is 9.97. The number of hydrogen-bond donors (Lipinski definition) is 3. The quantitative estimate of drug-likeness (QED) is 0.270. The number of benzene rings is 3. The Labute approximate surface area is 212 Å². The van der Waals surface area contributed by atoms with Crippen molar-refractivity contribution < 1.29 is 24.2 Å². The summed E-state index contributed by atoms with van der Waals surface area (Å²) in [5.74, 6) is 0.312. The normalized spacial score (nSPS) is 10.5. The van der Waals surface area contributed by atoms with Crippen LogP contribution in [0.5, 0.6) is 11.5 Å². The monoisotopic (exact) mass is 490 g/mol. The number of rotatable bonds is 13. The molecular formula is C29H34N2O5. The van der Waals surface area contributed by atoms with E-state index < -0.39 is 5.97 Å². The van der Waals surface area contributed by atoms with E-state index in [-0.39, 0.29) is 11.5 Å². The topological polar surface area (TPSA) is 96.9 Å². The van der Waals surface area contributed by atoms with Gasteiger partial charge in [0.1, 0.15) is 11.5 Å². The molecule has 1 amide bonds. The minimum Gasteiger partial charge on any atom is -0.494 e. The highest BCUT2D eigenvalue weighted by Gasteiger charge is 2.16. The van der Waals surface area contributed by atoms with E-state index in [9.17, 15) is 14.7 Å². The maximum atomic E-state index is 11.9. The van der Waals surface area contributed by atoms with Crippen molar-refractivity contribution in [3.8, 4) is 11.5 Å². The third-order valence-electron chi connectivity index (χ3n) is 5.86. The number of hydrogen-bond acceptors (Lipinski definition) is 5. The van der Waals surface area contributed by atoms with Crippen LogP contribution in [0, 0.1) is 13.8 Å². The Morgan fingerprint density at radius 2 is 1.42 bits per heavy atom. The molecule has 0 bridgehead atoms. The average molecular weight is 491 g/mol. The van der Waals surface area contributed by atoms with Crippen molar-refractivity contribution in [1.82, 2.24) is 5.32 Å². The first-order valence-corrected chi connectivity index (χ1v) is 12.1. The summed E-state index contributed by atoms with van der Waals surface area (Å²) in [5.41, 5.74) is 3.90. The second-order valence-electron chi connectivity index (χ2n) is 8.65. The first-order valence-electron chi connectivity index (χ1n) is 12.1. The first-order chi connectivity index (χ1) is 17.4. The van der Waals surface area contributed by atoms with Gasteiger partial charge in [-0.3, -0.25) is 4.79 Å². The number of aromatic carboxylic acids is 1. The summed E-state index contributed by atoms with van der Waals surface area (Å²) in [7, 11) is 1.52. The number of carbonyl (C=O) groups excluding carboxylic acids is 1. The Kier molecular flexibility index (Phi) is 9.74. The summed E-state index contributed by atoms with van der Waals surface area (Å²) >= 11 is 0. The van der Waals surface area contributed by atoms with Crippen LogP contribution in [0.3, 0.4) is 0 Å². The van der Waals surface area contributed by atoms with Gasteiger partial charge in [-0.05, 0) is 92.8 Å². The largest absolute Gasteiger partial charge is 0.494 e. The van der Waals surface area contributed by atoms with Gasteiger partial charge in [-0.2, -0.15) is 0 Å². The van der Waals surface area contributed by atoms with Gasteiger partial charge in [0.05, 0.1) is 18.8 Å². The van der Waals surface area contributed by atoms with Gasteiger partial charge in [0.15, 0.2) is 0 Å². The lowest BCUT2D eigenvalue weighted by Gasteiger charge is -2.14. The highest BCUT2D eigenvalue weighted by Crippen LogP contribution is 2.21. The van der Waals surface area contributed by atoms with E-state index in [0.717, 1.165) is 42.0 Å². The van der Waals surface area contributed by atoms with Gasteiger partial charge in [-0.15, -0.1) is 0 Å². The lowest BCUT2D eigenvalue weighted by Crippen LogP contribution is -2.20. The molecule has 3 aromatic rings. The zero-order chi connectivity index (χ0) is 25.9. The van der Waals surface area contributed by atoms with Crippen LogP contribution in [-0.4, -0.2) is 37.2 Å². The highest BCUT2D eigenvalue weighted by atomic mass is 16.5. The van der Waals surface area contributed by atoms with Gasteiger partial charge in [-0.25, -0.2) is 4.79 Å². The van der Waals surface area contributed by atoms with Crippen molar-refractivity contribution in [1.29, 1.82) is 0 Å². The number of anilines is 1. The maximum Gasteiger partial charge on any atom is 0.336 e. The molecular weight excluding hydrogens is 456 g/mol. The van der Waals surface area contributed by atoms with Gasteiger partial charge < -0.3 is 25.2 Å². The molecule has 0 aromatic heterocycles. The second-order valence-corrected chi connectivity index (χ2v) is 8.65. The fourth-order valence-corrected chi connectivity index (χ4v) is 3.77. The molecule has 0 heterocycles. The van der Waals surface area contributed by atoms with Gasteiger partial charge >= 0.3 is 5.97 Å². The molecule has 7 nitrogen and oxygen atoms in total. The zero-order valence-electron chi connectivity index (χ0n) is 21.1. The SMILES string of the molecule is CNC(=O)c1cc(C)c(CNc2ccc(OCCCCCOc3ccc(C)cc3)cc2)c(C(=O)O)c1. The molecule has 3 rings (SSSR count). The molecule has 190 valence electrons. The number of carboxylic acid groups (broad SMARTS) is 1. The van der Waals surface area contributed by atoms with Gasteiger partial charge in [0, 0.05) is 24.8 Å². The van der Waals surface area contributed by atoms with E-state index >= 15 is 0 Å². The molecule has 0 aliphatic carbocycles. The molecule has 3 N–H and O–H groups in total. The van der Waals surface area contributed by atoms with E-state index in [0.29, 0.717) is 30.9 Å². The second kappa shape index (κ2) is 13.2. The van der Waals surface area contributed by atoms with Crippen LogP contribution in [0.25, 0.3) is 0 Å². The summed E-state index contributed by atoms with van der Waals surface area (Å²) in [5, 5.41) is 15.4. The van der Waals surface area contributed by atoms with Crippen molar-refractivity contribution in [2.45, 2.75) is 39.7 Å². The summed E-state index contributed by atoms with van der Waals surface area (Å²) < 4.78 is 11.6. The Bertz CT molecular complexity index is 1160. The lowest BCUT2D eigenvalue weighted by molar-refractivity contribution is 0.0695. The number of ether oxygens (including phenoxy) is 2. The predicted octanol–water partition coefficient (Wildman–Crippen LogP) is 5.60. The van der Waals surface area contributed by atoms with Gasteiger partial charge in [0.2, 0.25) is 0 Å². The minimum absolute atomic E-state index is 0.116. The number of unbranched alkanes of at least 4 members (excludes halogenated alkanes) is 2. The number of nitrogens with one attached hydrogen (secondary N) is 2. The molecule has 0 unspecified atom stereocenters. The molecule has 0 saturated carbocycles. The van der Waals surface area contributed by atoms with Crippen molar-refractivity contribution in [3.05, 3.63) is 88.5 Å². The minimum atomic E-state index is -1.06. The molecule has 0 aliphatic heterocycles. The average Bonchev–Trinajstić information content (AvgIpc) is 2.88. The third-order valence-corrected chi connectivity index (χ3v) is 5.86. The molecule has 0 radical (unpaired) electrons. The van der Waals surface area contributed by atoms with E-state index in [1.54, 1.807) is 6.07 Å². The van der Waals surface area contributed by atoms with E-state index in [1.807, 2.05) is 55.5 Å². The predicted molar refractivity (Wildman–Crippen MR) is 141 cm³/mol. The molecule has 0 aliphatic rings. The summed E-state index contributed by atoms with van der Waals surface area (Å²) in [6, 6.07) is 18.8. The number of amides is 1. The fourth-order valence-electron chi connectivity index (χ4n) is 3.77. The Hall–Kier alpha value is -4.00. The first kappa shape index (κ1) is 26.6. The summed E-state index contributed by atoms with van der Waals surface area (Å²) in [4.78, 5) is 23.7. The van der Waals surface area contributed by atoms with Crippen molar-refractivity contribution in [2.24, 2.45) is 0 Å². The standard InChI is InChI=1S/C29H34N2O5/c1-20-7-11-24(12-8-20)35-15-5-4-6-16-36-25-13-9-23(10-14-25)31-19-27-21(2)17-22(28(32)30-3)18-26(27)29(33)34/h7-14,17-18,31H,4-6,15-16,19H2,1-3H3,(H,30,32)(H,33,34). The molecule has 0 saturated heterocycles. The third kappa shape index (κ3) is 7.77. The van der Waals surface area contributed by atoms with E-state index in [4.69, 9.17) is 9.47 Å². The highest BCUT2D eigenvalue weighted by molar-refractivity contribution is 5.98. The molecule has 7 heteroatoms. The zero-order valence-corrected chi connectivity index (χ0v) is 21.1. The van der Waals surface area contributed by atoms with Crippen molar-refractivity contribution >= 4 is 17.6 Å². The smallest absolute Gasteiger partial charge is 0.336 e. The van der Waals surface area contributed by atoms with Gasteiger partial charge in [-0.1, -0.05) is 17.7 Å². The van der Waals surface area contributed by atoms with E-state index in [2.05, 4.69) is 17.6 Å².